The van der Waals surface area contributed by atoms with Gasteiger partial charge in [-0.05, 0) is 75.6 Å². The average molecular weight is 799 g/mol. The lowest BCUT2D eigenvalue weighted by Gasteiger charge is -2.34. The second-order valence-electron chi connectivity index (χ2n) is 14.9. The van der Waals surface area contributed by atoms with Crippen LogP contribution in [0, 0.1) is 5.92 Å². The van der Waals surface area contributed by atoms with E-state index in [-0.39, 0.29) is 31.2 Å². The minimum atomic E-state index is -1.30. The topological polar surface area (TPSA) is 217 Å². The number of nitrogens with one attached hydrogen (secondary N) is 4. The van der Waals surface area contributed by atoms with Gasteiger partial charge >= 0.3 is 6.03 Å². The number of urea groups is 1. The number of Topliss-reactive ketones (excluding diaryl/α,β-unsaturated/α-hetero) is 1. The number of aliphatic hydroxyl groups is 1. The van der Waals surface area contributed by atoms with Crippen molar-refractivity contribution in [3.05, 3.63) is 70.7 Å². The molecule has 3 atom stereocenters. The second-order valence-corrected chi connectivity index (χ2v) is 15.4. The zero-order chi connectivity index (χ0) is 41.8. The summed E-state index contributed by atoms with van der Waals surface area (Å²) >= 11 is 5.99. The van der Waals surface area contributed by atoms with Crippen LogP contribution in [-0.4, -0.2) is 82.1 Å². The van der Waals surface area contributed by atoms with E-state index in [9.17, 15) is 33.6 Å². The first-order valence-electron chi connectivity index (χ1n) is 19.3. The van der Waals surface area contributed by atoms with Crippen LogP contribution in [0.3, 0.4) is 0 Å². The molecule has 3 rings (SSSR count). The Morgan fingerprint density at radius 1 is 0.875 bits per heavy atom. The first kappa shape index (κ1) is 47.3. The van der Waals surface area contributed by atoms with Gasteiger partial charge in [-0.25, -0.2) is 4.79 Å². The van der Waals surface area contributed by atoms with E-state index >= 15 is 0 Å². The molecule has 0 heterocycles. The second kappa shape index (κ2) is 24.0. The standard InChI is InChI=1S/C37H49ClN6O7.C4H10O/c1-3-5-20-44(36(50)32(25-16-10-7-11-17-25)42-29(45)21-24-14-8-6-9-15-24)37(51)41-28(13-4-2)33(47)35(49)40-23-30(46)43-31(34(39)48)26-18-12-19-27(38)22-26;1-4(2,3)5/h6,8-9,12,14-15,18-19,22,25,28,31-32H,3-5,7,10-11,13,16-17,20-21,23H2,1-2H3,(H2,39,48)(H,40,49)(H,41,51)(H,42,45)(H,43,46);5H,1-3H3. The highest BCUT2D eigenvalue weighted by Gasteiger charge is 2.37. The monoisotopic (exact) mass is 798 g/mol. The van der Waals surface area contributed by atoms with Gasteiger partial charge < -0.3 is 32.1 Å². The van der Waals surface area contributed by atoms with Crippen LogP contribution in [0.15, 0.2) is 54.6 Å². The minimum absolute atomic E-state index is 0.0476. The molecular weight excluding hydrogens is 740 g/mol. The van der Waals surface area contributed by atoms with Gasteiger partial charge in [0.1, 0.15) is 12.1 Å². The lowest BCUT2D eigenvalue weighted by molar-refractivity contribution is -0.140. The van der Waals surface area contributed by atoms with Gasteiger partial charge in [-0.15, -0.1) is 0 Å². The number of primary amides is 1. The maximum absolute atomic E-state index is 14.2. The molecule has 3 unspecified atom stereocenters. The van der Waals surface area contributed by atoms with E-state index in [1.165, 1.54) is 6.07 Å². The maximum atomic E-state index is 14.2. The molecule has 1 fully saturated rings. The molecule has 15 heteroatoms. The van der Waals surface area contributed by atoms with Gasteiger partial charge in [0.05, 0.1) is 24.6 Å². The minimum Gasteiger partial charge on any atom is -0.391 e. The Morgan fingerprint density at radius 2 is 1.52 bits per heavy atom. The number of hydrogen-bond donors (Lipinski definition) is 6. The lowest BCUT2D eigenvalue weighted by Crippen LogP contribution is -2.58. The van der Waals surface area contributed by atoms with Crippen molar-refractivity contribution in [3.63, 3.8) is 0 Å². The van der Waals surface area contributed by atoms with Gasteiger partial charge in [0.25, 0.3) is 11.8 Å². The first-order valence-corrected chi connectivity index (χ1v) is 19.7. The number of rotatable bonds is 18. The Balaban J connectivity index is 0.00000203. The molecule has 2 aromatic carbocycles. The Morgan fingerprint density at radius 3 is 2.09 bits per heavy atom. The van der Waals surface area contributed by atoms with Gasteiger partial charge in [0.15, 0.2) is 0 Å². The molecule has 0 spiro atoms. The fraction of sp³-hybridized carbons (Fsp3) is 0.537. The van der Waals surface area contributed by atoms with Crippen LogP contribution in [0.5, 0.6) is 0 Å². The van der Waals surface area contributed by atoms with Gasteiger partial charge in [0, 0.05) is 11.6 Å². The smallest absolute Gasteiger partial charge is 0.324 e. The number of halogens is 1. The molecule has 0 aliphatic heterocycles. The van der Waals surface area contributed by atoms with E-state index in [1.54, 1.807) is 45.9 Å². The highest BCUT2D eigenvalue weighted by atomic mass is 35.5. The van der Waals surface area contributed by atoms with Crippen LogP contribution in [-0.2, 0) is 35.2 Å². The molecule has 0 aromatic heterocycles. The zero-order valence-electron chi connectivity index (χ0n) is 33.2. The Kier molecular flexibility index (Phi) is 20.2. The molecule has 7 amide bonds. The average Bonchev–Trinajstić information content (AvgIpc) is 3.14. The maximum Gasteiger partial charge on any atom is 0.324 e. The van der Waals surface area contributed by atoms with Crippen molar-refractivity contribution in [1.29, 1.82) is 0 Å². The van der Waals surface area contributed by atoms with E-state index in [0.29, 0.717) is 29.8 Å². The predicted molar refractivity (Wildman–Crippen MR) is 214 cm³/mol. The van der Waals surface area contributed by atoms with Crippen molar-refractivity contribution in [2.45, 2.75) is 123 Å². The molecule has 1 aliphatic rings. The summed E-state index contributed by atoms with van der Waals surface area (Å²) in [6.45, 7) is 8.29. The molecule has 2 aromatic rings. The lowest BCUT2D eigenvalue weighted by atomic mass is 9.83. The molecular formula is C41H59ClN6O8. The van der Waals surface area contributed by atoms with E-state index in [4.69, 9.17) is 22.4 Å². The quantitative estimate of drug-likeness (QED) is 0.120. The van der Waals surface area contributed by atoms with Crippen molar-refractivity contribution in [2.24, 2.45) is 11.7 Å². The van der Waals surface area contributed by atoms with Crippen molar-refractivity contribution in [3.8, 4) is 0 Å². The van der Waals surface area contributed by atoms with Crippen LogP contribution in [0.2, 0.25) is 5.02 Å². The van der Waals surface area contributed by atoms with E-state index < -0.39 is 65.7 Å². The Bertz CT molecular complexity index is 1620. The summed E-state index contributed by atoms with van der Waals surface area (Å²) in [7, 11) is 0. The SMILES string of the molecule is CC(C)(C)O.CCCCN(C(=O)NC(CCC)C(=O)C(=O)NCC(=O)NC(C(N)=O)c1cccc(Cl)c1)C(=O)C(NC(=O)Cc1ccccc1)C1CCCCC1. The number of ketones is 1. The molecule has 14 nitrogen and oxygen atoms in total. The molecule has 0 bridgehead atoms. The van der Waals surface area contributed by atoms with Crippen LogP contribution in [0.1, 0.15) is 110 Å². The molecule has 56 heavy (non-hydrogen) atoms. The summed E-state index contributed by atoms with van der Waals surface area (Å²) in [6.07, 6.45) is 5.97. The van der Waals surface area contributed by atoms with Gasteiger partial charge in [-0.2, -0.15) is 0 Å². The summed E-state index contributed by atoms with van der Waals surface area (Å²) in [6, 6.07) is 11.0. The summed E-state index contributed by atoms with van der Waals surface area (Å²) in [5.41, 5.74) is 6.08. The number of hydrogen-bond acceptors (Lipinski definition) is 8. The van der Waals surface area contributed by atoms with Crippen LogP contribution < -0.4 is 27.0 Å². The number of amides is 7. The molecule has 7 N–H and O–H groups in total. The summed E-state index contributed by atoms with van der Waals surface area (Å²) in [4.78, 5) is 92.9. The number of carbonyl (C=O) groups is 7. The van der Waals surface area contributed by atoms with Gasteiger partial charge in [-0.1, -0.05) is 100 Å². The fourth-order valence-electron chi connectivity index (χ4n) is 6.06. The summed E-state index contributed by atoms with van der Waals surface area (Å²) < 4.78 is 0. The van der Waals surface area contributed by atoms with Crippen LogP contribution >= 0.6 is 11.6 Å². The van der Waals surface area contributed by atoms with Gasteiger partial charge in [0.2, 0.25) is 23.5 Å². The number of nitrogens with two attached hydrogens (primary N) is 1. The first-order chi connectivity index (χ1) is 26.4. The third-order valence-corrected chi connectivity index (χ3v) is 8.99. The third-order valence-electron chi connectivity index (χ3n) is 8.75. The summed E-state index contributed by atoms with van der Waals surface area (Å²) in [5, 5.41) is 19.0. The van der Waals surface area contributed by atoms with E-state index in [1.807, 2.05) is 37.3 Å². The van der Waals surface area contributed by atoms with Crippen LogP contribution in [0.4, 0.5) is 4.79 Å². The van der Waals surface area contributed by atoms with Crippen molar-refractivity contribution >= 4 is 53.0 Å². The molecule has 0 saturated heterocycles. The normalized spacial score (nSPS) is 14.4. The number of imide groups is 1. The highest BCUT2D eigenvalue weighted by Crippen LogP contribution is 2.28. The molecule has 1 saturated carbocycles. The summed E-state index contributed by atoms with van der Waals surface area (Å²) in [5.74, 6) is -4.87. The third kappa shape index (κ3) is 17.3. The molecule has 308 valence electrons. The largest absolute Gasteiger partial charge is 0.391 e. The number of carbonyl (C=O) groups excluding carboxylic acids is 7. The molecule has 1 aliphatic carbocycles. The number of nitrogens with zero attached hydrogens (tertiary/aromatic N) is 1. The number of benzene rings is 2. The van der Waals surface area contributed by atoms with E-state index in [0.717, 1.165) is 42.6 Å². The Labute approximate surface area is 335 Å². The number of unbranched alkanes of at least 4 members (excludes halogenated alkanes) is 1. The Hall–Kier alpha value is -4.82. The zero-order valence-corrected chi connectivity index (χ0v) is 34.0. The molecule has 0 radical (unpaired) electrons. The van der Waals surface area contributed by atoms with Gasteiger partial charge in [-0.3, -0.25) is 33.7 Å². The van der Waals surface area contributed by atoms with Crippen molar-refractivity contribution in [2.75, 3.05) is 13.1 Å². The fourth-order valence-corrected chi connectivity index (χ4v) is 6.26. The predicted octanol–water partition coefficient (Wildman–Crippen LogP) is 4.26. The van der Waals surface area contributed by atoms with Crippen molar-refractivity contribution < 1.29 is 38.7 Å². The van der Waals surface area contributed by atoms with Crippen molar-refractivity contribution in [1.82, 2.24) is 26.2 Å². The van der Waals surface area contributed by atoms with E-state index in [2.05, 4.69) is 21.3 Å². The highest BCUT2D eigenvalue weighted by molar-refractivity contribution is 6.38. The van der Waals surface area contributed by atoms with Crippen LogP contribution in [0.25, 0.3) is 0 Å².